The predicted molar refractivity (Wildman–Crippen MR) is 73.1 cm³/mol. The molecule has 0 amide bonds. The highest BCUT2D eigenvalue weighted by molar-refractivity contribution is 5.89. The van der Waals surface area contributed by atoms with Gasteiger partial charge in [0, 0.05) is 11.6 Å². The van der Waals surface area contributed by atoms with E-state index in [0.717, 1.165) is 5.56 Å². The molecule has 0 aliphatic rings. The first kappa shape index (κ1) is 14.2. The summed E-state index contributed by atoms with van der Waals surface area (Å²) in [5, 5.41) is 3.93. The maximum atomic E-state index is 11.3. The molecule has 0 aliphatic carbocycles. The molecule has 0 saturated carbocycles. The largest absolute Gasteiger partial charge is 0.465 e. The number of carbonyl (C=O) groups is 1. The molecule has 6 heteroatoms. The predicted octanol–water partition coefficient (Wildman–Crippen LogP) is 1.97. The standard InChI is InChI=1S/C14H17N3O3/c1-8(9(2)15)13-16-12(17-20-13)10-4-6-11(7-5-10)14(18)19-3/h4-9H,15H2,1-3H3. The van der Waals surface area contributed by atoms with Gasteiger partial charge in [-0.3, -0.25) is 0 Å². The molecule has 0 radical (unpaired) electrons. The second-order valence-corrected chi connectivity index (χ2v) is 4.67. The van der Waals surface area contributed by atoms with Gasteiger partial charge in [-0.15, -0.1) is 0 Å². The van der Waals surface area contributed by atoms with Crippen LogP contribution >= 0.6 is 0 Å². The van der Waals surface area contributed by atoms with Gasteiger partial charge in [0.2, 0.25) is 11.7 Å². The molecule has 2 atom stereocenters. The van der Waals surface area contributed by atoms with Crippen LogP contribution in [0.25, 0.3) is 11.4 Å². The summed E-state index contributed by atoms with van der Waals surface area (Å²) in [5.74, 6) is 0.595. The number of benzene rings is 1. The van der Waals surface area contributed by atoms with Crippen LogP contribution in [-0.4, -0.2) is 29.3 Å². The molecule has 1 heterocycles. The Hall–Kier alpha value is -2.21. The minimum Gasteiger partial charge on any atom is -0.465 e. The van der Waals surface area contributed by atoms with E-state index in [4.69, 9.17) is 10.3 Å². The molecule has 2 unspecified atom stereocenters. The monoisotopic (exact) mass is 275 g/mol. The van der Waals surface area contributed by atoms with Gasteiger partial charge in [0.15, 0.2) is 0 Å². The highest BCUT2D eigenvalue weighted by Gasteiger charge is 2.18. The Morgan fingerprint density at radius 3 is 2.50 bits per heavy atom. The number of methoxy groups -OCH3 is 1. The number of rotatable bonds is 4. The van der Waals surface area contributed by atoms with Crippen LogP contribution in [0.1, 0.15) is 36.0 Å². The molecule has 0 saturated heterocycles. The maximum absolute atomic E-state index is 11.3. The van der Waals surface area contributed by atoms with Crippen molar-refractivity contribution in [2.45, 2.75) is 25.8 Å². The van der Waals surface area contributed by atoms with Gasteiger partial charge in [-0.2, -0.15) is 4.98 Å². The molecule has 106 valence electrons. The van der Waals surface area contributed by atoms with E-state index in [0.29, 0.717) is 17.3 Å². The summed E-state index contributed by atoms with van der Waals surface area (Å²) in [5.41, 5.74) is 7.05. The molecule has 2 aromatic rings. The van der Waals surface area contributed by atoms with Crippen LogP contribution in [0.3, 0.4) is 0 Å². The summed E-state index contributed by atoms with van der Waals surface area (Å²) in [6.45, 7) is 3.82. The first-order chi connectivity index (χ1) is 9.52. The van der Waals surface area contributed by atoms with E-state index in [1.54, 1.807) is 24.3 Å². The van der Waals surface area contributed by atoms with Crippen LogP contribution in [0.2, 0.25) is 0 Å². The van der Waals surface area contributed by atoms with Crippen molar-refractivity contribution in [3.8, 4) is 11.4 Å². The third-order valence-corrected chi connectivity index (χ3v) is 3.18. The zero-order valence-corrected chi connectivity index (χ0v) is 11.7. The number of nitrogens with two attached hydrogens (primary N) is 1. The van der Waals surface area contributed by atoms with Crippen LogP contribution in [0.5, 0.6) is 0 Å². The van der Waals surface area contributed by atoms with Gasteiger partial charge in [-0.1, -0.05) is 24.2 Å². The van der Waals surface area contributed by atoms with Gasteiger partial charge < -0.3 is 15.0 Å². The fraction of sp³-hybridized carbons (Fsp3) is 0.357. The third-order valence-electron chi connectivity index (χ3n) is 3.18. The number of aromatic nitrogens is 2. The van der Waals surface area contributed by atoms with Crippen molar-refractivity contribution >= 4 is 5.97 Å². The molecule has 20 heavy (non-hydrogen) atoms. The topological polar surface area (TPSA) is 91.2 Å². The molecule has 2 rings (SSSR count). The van der Waals surface area contributed by atoms with Gasteiger partial charge in [-0.05, 0) is 19.1 Å². The van der Waals surface area contributed by atoms with Crippen LogP contribution in [0.15, 0.2) is 28.8 Å². The lowest BCUT2D eigenvalue weighted by Gasteiger charge is -2.09. The Morgan fingerprint density at radius 1 is 1.30 bits per heavy atom. The Balaban J connectivity index is 2.22. The Morgan fingerprint density at radius 2 is 1.95 bits per heavy atom. The van der Waals surface area contributed by atoms with E-state index in [-0.39, 0.29) is 17.9 Å². The van der Waals surface area contributed by atoms with Gasteiger partial charge in [0.1, 0.15) is 0 Å². The quantitative estimate of drug-likeness (QED) is 0.858. The minimum absolute atomic E-state index is 0.00871. The normalized spacial score (nSPS) is 13.8. The van der Waals surface area contributed by atoms with Gasteiger partial charge in [0.25, 0.3) is 0 Å². The van der Waals surface area contributed by atoms with Crippen molar-refractivity contribution in [1.29, 1.82) is 0 Å². The van der Waals surface area contributed by atoms with E-state index in [9.17, 15) is 4.79 Å². The summed E-state index contributed by atoms with van der Waals surface area (Å²) < 4.78 is 9.85. The summed E-state index contributed by atoms with van der Waals surface area (Å²) in [6, 6.07) is 6.75. The van der Waals surface area contributed by atoms with Gasteiger partial charge in [0.05, 0.1) is 18.6 Å². The Kier molecular flexibility index (Phi) is 4.14. The average molecular weight is 275 g/mol. The molecule has 0 fully saturated rings. The molecule has 2 N–H and O–H groups in total. The van der Waals surface area contributed by atoms with Crippen molar-refractivity contribution < 1.29 is 14.1 Å². The smallest absolute Gasteiger partial charge is 0.337 e. The summed E-state index contributed by atoms with van der Waals surface area (Å²) >= 11 is 0. The second-order valence-electron chi connectivity index (χ2n) is 4.67. The van der Waals surface area contributed by atoms with Crippen LogP contribution < -0.4 is 5.73 Å². The number of hydrogen-bond donors (Lipinski definition) is 1. The van der Waals surface area contributed by atoms with Crippen molar-refractivity contribution in [3.63, 3.8) is 0 Å². The van der Waals surface area contributed by atoms with E-state index in [2.05, 4.69) is 14.9 Å². The highest BCUT2D eigenvalue weighted by atomic mass is 16.5. The summed E-state index contributed by atoms with van der Waals surface area (Å²) in [6.07, 6.45) is 0. The molecular formula is C14H17N3O3. The average Bonchev–Trinajstić information content (AvgIpc) is 2.95. The number of ether oxygens (including phenoxy) is 1. The lowest BCUT2D eigenvalue weighted by atomic mass is 10.1. The first-order valence-corrected chi connectivity index (χ1v) is 6.31. The lowest BCUT2D eigenvalue weighted by Crippen LogP contribution is -2.22. The van der Waals surface area contributed by atoms with Gasteiger partial charge in [-0.25, -0.2) is 4.79 Å². The fourth-order valence-corrected chi connectivity index (χ4v) is 1.64. The molecule has 0 bridgehead atoms. The number of carbonyl (C=O) groups excluding carboxylic acids is 1. The van der Waals surface area contributed by atoms with Crippen molar-refractivity contribution in [1.82, 2.24) is 10.1 Å². The van der Waals surface area contributed by atoms with Crippen LogP contribution in [-0.2, 0) is 4.74 Å². The SMILES string of the molecule is COC(=O)c1ccc(-c2noc(C(C)C(C)N)n2)cc1. The van der Waals surface area contributed by atoms with Crippen molar-refractivity contribution in [2.75, 3.05) is 7.11 Å². The summed E-state index contributed by atoms with van der Waals surface area (Å²) in [4.78, 5) is 15.7. The van der Waals surface area contributed by atoms with E-state index < -0.39 is 0 Å². The zero-order chi connectivity index (χ0) is 14.7. The van der Waals surface area contributed by atoms with Crippen molar-refractivity contribution in [3.05, 3.63) is 35.7 Å². The Bertz CT molecular complexity index is 590. The summed E-state index contributed by atoms with van der Waals surface area (Å²) in [7, 11) is 1.34. The minimum atomic E-state index is -0.379. The maximum Gasteiger partial charge on any atom is 0.337 e. The van der Waals surface area contributed by atoms with E-state index in [1.165, 1.54) is 7.11 Å². The van der Waals surface area contributed by atoms with Crippen LogP contribution in [0, 0.1) is 0 Å². The Labute approximate surface area is 116 Å². The van der Waals surface area contributed by atoms with Gasteiger partial charge >= 0.3 is 5.97 Å². The number of nitrogens with zero attached hydrogens (tertiary/aromatic N) is 2. The lowest BCUT2D eigenvalue weighted by molar-refractivity contribution is 0.0601. The van der Waals surface area contributed by atoms with E-state index in [1.807, 2.05) is 13.8 Å². The zero-order valence-electron chi connectivity index (χ0n) is 11.7. The molecule has 1 aromatic carbocycles. The van der Waals surface area contributed by atoms with Crippen LogP contribution in [0.4, 0.5) is 0 Å². The molecule has 6 nitrogen and oxygen atoms in total. The molecular weight excluding hydrogens is 258 g/mol. The molecule has 0 spiro atoms. The van der Waals surface area contributed by atoms with E-state index >= 15 is 0 Å². The highest BCUT2D eigenvalue weighted by Crippen LogP contribution is 2.21. The van der Waals surface area contributed by atoms with Crippen molar-refractivity contribution in [2.24, 2.45) is 5.73 Å². The number of hydrogen-bond acceptors (Lipinski definition) is 6. The third kappa shape index (κ3) is 2.85. The number of esters is 1. The second kappa shape index (κ2) is 5.83. The molecule has 0 aliphatic heterocycles. The molecule has 1 aromatic heterocycles. The fourth-order valence-electron chi connectivity index (χ4n) is 1.64. The first-order valence-electron chi connectivity index (χ1n) is 6.31.